The number of carbonyl (C=O) groups is 1. The van der Waals surface area contributed by atoms with Gasteiger partial charge in [0, 0.05) is 6.54 Å². The van der Waals surface area contributed by atoms with Crippen LogP contribution in [-0.2, 0) is 4.79 Å². The summed E-state index contributed by atoms with van der Waals surface area (Å²) < 4.78 is 0. The zero-order chi connectivity index (χ0) is 16.0. The molecule has 1 aromatic rings. The maximum Gasteiger partial charge on any atom is 0.238 e. The van der Waals surface area contributed by atoms with Gasteiger partial charge in [0.15, 0.2) is 0 Å². The van der Waals surface area contributed by atoms with E-state index in [9.17, 15) is 4.79 Å². The Morgan fingerprint density at radius 1 is 1.43 bits per heavy atom. The Hall–Kier alpha value is -1.40. The SMILES string of the molecule is CCCN(CC(=O)Nc1c(C)n[nH]c1C)CC(C)(C)CN. The van der Waals surface area contributed by atoms with Crippen molar-refractivity contribution in [2.75, 3.05) is 31.5 Å². The fraction of sp³-hybridized carbons (Fsp3) is 0.733. The second-order valence-corrected chi connectivity index (χ2v) is 6.44. The van der Waals surface area contributed by atoms with Crippen LogP contribution in [0.25, 0.3) is 0 Å². The molecule has 0 aliphatic carbocycles. The summed E-state index contributed by atoms with van der Waals surface area (Å²) in [6.45, 7) is 12.8. The van der Waals surface area contributed by atoms with E-state index < -0.39 is 0 Å². The van der Waals surface area contributed by atoms with E-state index in [0.29, 0.717) is 13.1 Å². The van der Waals surface area contributed by atoms with Crippen LogP contribution in [0.3, 0.4) is 0 Å². The Bertz CT molecular complexity index is 447. The fourth-order valence-corrected chi connectivity index (χ4v) is 2.32. The Morgan fingerprint density at radius 3 is 2.57 bits per heavy atom. The standard InChI is InChI=1S/C15H29N5O/c1-6-7-20(10-15(4,5)9-16)8-13(21)17-14-11(2)18-19-12(14)3/h6-10,16H2,1-5H3,(H,17,21)(H,18,19). The molecule has 0 radical (unpaired) electrons. The van der Waals surface area contributed by atoms with Gasteiger partial charge < -0.3 is 11.1 Å². The average molecular weight is 295 g/mol. The van der Waals surface area contributed by atoms with Crippen LogP contribution in [0.4, 0.5) is 5.69 Å². The molecule has 0 bridgehead atoms. The van der Waals surface area contributed by atoms with Crippen molar-refractivity contribution in [2.45, 2.75) is 41.0 Å². The number of aryl methyl sites for hydroxylation is 2. The predicted molar refractivity (Wildman–Crippen MR) is 86.3 cm³/mol. The van der Waals surface area contributed by atoms with Crippen LogP contribution < -0.4 is 11.1 Å². The summed E-state index contributed by atoms with van der Waals surface area (Å²) in [6, 6.07) is 0. The lowest BCUT2D eigenvalue weighted by Gasteiger charge is -2.31. The Balaban J connectivity index is 2.64. The molecular weight excluding hydrogens is 266 g/mol. The highest BCUT2D eigenvalue weighted by atomic mass is 16.2. The van der Waals surface area contributed by atoms with E-state index in [4.69, 9.17) is 5.73 Å². The minimum absolute atomic E-state index is 0.0103. The maximum atomic E-state index is 12.2. The monoisotopic (exact) mass is 295 g/mol. The number of hydrogen-bond acceptors (Lipinski definition) is 4. The zero-order valence-corrected chi connectivity index (χ0v) is 13.9. The van der Waals surface area contributed by atoms with Crippen LogP contribution in [0.1, 0.15) is 38.6 Å². The Labute approximate surface area is 127 Å². The number of hydrogen-bond donors (Lipinski definition) is 3. The van der Waals surface area contributed by atoms with E-state index in [1.165, 1.54) is 0 Å². The van der Waals surface area contributed by atoms with E-state index in [0.717, 1.165) is 36.6 Å². The van der Waals surface area contributed by atoms with Gasteiger partial charge in [0.1, 0.15) is 0 Å². The van der Waals surface area contributed by atoms with E-state index in [2.05, 4.69) is 41.2 Å². The van der Waals surface area contributed by atoms with Crippen molar-refractivity contribution in [1.82, 2.24) is 15.1 Å². The number of nitrogens with zero attached hydrogens (tertiary/aromatic N) is 2. The van der Waals surface area contributed by atoms with Crippen molar-refractivity contribution >= 4 is 11.6 Å². The van der Waals surface area contributed by atoms with Crippen LogP contribution in [0, 0.1) is 19.3 Å². The third-order valence-electron chi connectivity index (χ3n) is 3.50. The molecule has 0 fully saturated rings. The topological polar surface area (TPSA) is 87.0 Å². The quantitative estimate of drug-likeness (QED) is 0.680. The van der Waals surface area contributed by atoms with Crippen molar-refractivity contribution in [3.05, 3.63) is 11.4 Å². The highest BCUT2D eigenvalue weighted by Crippen LogP contribution is 2.17. The summed E-state index contributed by atoms with van der Waals surface area (Å²) in [4.78, 5) is 14.4. The van der Waals surface area contributed by atoms with Crippen LogP contribution >= 0.6 is 0 Å². The number of H-pyrrole nitrogens is 1. The van der Waals surface area contributed by atoms with Gasteiger partial charge in [0.05, 0.1) is 23.6 Å². The van der Waals surface area contributed by atoms with Gasteiger partial charge in [-0.1, -0.05) is 20.8 Å². The molecule has 120 valence electrons. The highest BCUT2D eigenvalue weighted by molar-refractivity contribution is 5.93. The second kappa shape index (κ2) is 7.56. The van der Waals surface area contributed by atoms with Gasteiger partial charge >= 0.3 is 0 Å². The number of aromatic nitrogens is 2. The summed E-state index contributed by atoms with van der Waals surface area (Å²) in [6.07, 6.45) is 1.01. The van der Waals surface area contributed by atoms with Crippen molar-refractivity contribution in [2.24, 2.45) is 11.1 Å². The number of amides is 1. The van der Waals surface area contributed by atoms with Gasteiger partial charge in [-0.3, -0.25) is 14.8 Å². The summed E-state index contributed by atoms with van der Waals surface area (Å²) in [5.74, 6) is -0.0103. The van der Waals surface area contributed by atoms with Gasteiger partial charge in [0.25, 0.3) is 0 Å². The summed E-state index contributed by atoms with van der Waals surface area (Å²) >= 11 is 0. The van der Waals surface area contributed by atoms with Crippen molar-refractivity contribution < 1.29 is 4.79 Å². The van der Waals surface area contributed by atoms with E-state index in [1.54, 1.807) is 0 Å². The molecule has 6 heteroatoms. The van der Waals surface area contributed by atoms with E-state index in [1.807, 2.05) is 13.8 Å². The molecule has 21 heavy (non-hydrogen) atoms. The van der Waals surface area contributed by atoms with Gasteiger partial charge in [-0.05, 0) is 38.8 Å². The molecule has 4 N–H and O–H groups in total. The van der Waals surface area contributed by atoms with Crippen LogP contribution in [-0.4, -0.2) is 47.2 Å². The van der Waals surface area contributed by atoms with Gasteiger partial charge in [-0.15, -0.1) is 0 Å². The third kappa shape index (κ3) is 5.47. The van der Waals surface area contributed by atoms with Crippen molar-refractivity contribution in [1.29, 1.82) is 0 Å². The largest absolute Gasteiger partial charge is 0.330 e. The first kappa shape index (κ1) is 17.7. The molecule has 0 atom stereocenters. The first-order valence-electron chi connectivity index (χ1n) is 7.53. The number of nitrogens with one attached hydrogen (secondary N) is 2. The third-order valence-corrected chi connectivity index (χ3v) is 3.50. The van der Waals surface area contributed by atoms with Gasteiger partial charge in [0.2, 0.25) is 5.91 Å². The lowest BCUT2D eigenvalue weighted by molar-refractivity contribution is -0.117. The lowest BCUT2D eigenvalue weighted by Crippen LogP contribution is -2.42. The Kier molecular flexibility index (Phi) is 6.36. The van der Waals surface area contributed by atoms with Crippen LogP contribution in [0.2, 0.25) is 0 Å². The molecule has 6 nitrogen and oxygen atoms in total. The molecule has 0 saturated carbocycles. The molecule has 1 aromatic heterocycles. The van der Waals surface area contributed by atoms with Crippen LogP contribution in [0.5, 0.6) is 0 Å². The first-order valence-corrected chi connectivity index (χ1v) is 7.53. The van der Waals surface area contributed by atoms with Crippen molar-refractivity contribution in [3.63, 3.8) is 0 Å². The van der Waals surface area contributed by atoms with Crippen LogP contribution in [0.15, 0.2) is 0 Å². The minimum Gasteiger partial charge on any atom is -0.330 e. The summed E-state index contributed by atoms with van der Waals surface area (Å²) in [5, 5.41) is 9.91. The predicted octanol–water partition coefficient (Wildman–Crippen LogP) is 1.66. The van der Waals surface area contributed by atoms with Gasteiger partial charge in [-0.25, -0.2) is 0 Å². The second-order valence-electron chi connectivity index (χ2n) is 6.44. The molecule has 1 heterocycles. The fourth-order valence-electron chi connectivity index (χ4n) is 2.32. The molecular formula is C15H29N5O. The molecule has 0 aliphatic heterocycles. The lowest BCUT2D eigenvalue weighted by atomic mass is 9.93. The molecule has 1 amide bonds. The minimum atomic E-state index is -0.0103. The normalized spacial score (nSPS) is 12.0. The number of carbonyl (C=O) groups excluding carboxylic acids is 1. The van der Waals surface area contributed by atoms with E-state index in [-0.39, 0.29) is 11.3 Å². The number of aromatic amines is 1. The summed E-state index contributed by atoms with van der Waals surface area (Å²) in [7, 11) is 0. The zero-order valence-electron chi connectivity index (χ0n) is 13.9. The van der Waals surface area contributed by atoms with Crippen molar-refractivity contribution in [3.8, 4) is 0 Å². The number of rotatable bonds is 8. The summed E-state index contributed by atoms with van der Waals surface area (Å²) in [5.41, 5.74) is 8.28. The number of nitrogens with two attached hydrogens (primary N) is 1. The molecule has 0 aliphatic rings. The molecule has 0 spiro atoms. The maximum absolute atomic E-state index is 12.2. The molecule has 0 aromatic carbocycles. The molecule has 0 saturated heterocycles. The smallest absolute Gasteiger partial charge is 0.238 e. The highest BCUT2D eigenvalue weighted by Gasteiger charge is 2.22. The molecule has 0 unspecified atom stereocenters. The van der Waals surface area contributed by atoms with Gasteiger partial charge in [-0.2, -0.15) is 5.10 Å². The van der Waals surface area contributed by atoms with E-state index >= 15 is 0 Å². The Morgan fingerprint density at radius 2 is 2.10 bits per heavy atom. The first-order chi connectivity index (χ1) is 9.79. The number of anilines is 1. The average Bonchev–Trinajstić information content (AvgIpc) is 2.70. The molecule has 1 rings (SSSR count).